The Morgan fingerprint density at radius 2 is 2.07 bits per heavy atom. The molecule has 0 aliphatic carbocycles. The van der Waals surface area contributed by atoms with Crippen molar-refractivity contribution in [2.45, 2.75) is 6.92 Å². The summed E-state index contributed by atoms with van der Waals surface area (Å²) in [5.41, 5.74) is 2.13. The van der Waals surface area contributed by atoms with Gasteiger partial charge in [-0.15, -0.1) is 0 Å². The van der Waals surface area contributed by atoms with Gasteiger partial charge in [-0.2, -0.15) is 0 Å². The van der Waals surface area contributed by atoms with Crippen LogP contribution in [0, 0.1) is 6.92 Å². The van der Waals surface area contributed by atoms with Crippen LogP contribution in [0.2, 0.25) is 0 Å². The standard InChI is InChI=1S/C11H15NO2/c1-9-6-10(4-5-12(2)13)8-11(7-9)14-3/h4-8,13H,1-3H3. The van der Waals surface area contributed by atoms with Crippen molar-refractivity contribution in [3.8, 4) is 5.75 Å². The smallest absolute Gasteiger partial charge is 0.119 e. The van der Waals surface area contributed by atoms with Crippen LogP contribution in [0.25, 0.3) is 6.08 Å². The summed E-state index contributed by atoms with van der Waals surface area (Å²) in [5, 5.41) is 9.93. The zero-order valence-corrected chi connectivity index (χ0v) is 8.69. The van der Waals surface area contributed by atoms with E-state index in [0.717, 1.165) is 21.9 Å². The average molecular weight is 193 g/mol. The lowest BCUT2D eigenvalue weighted by Gasteiger charge is -2.05. The largest absolute Gasteiger partial charge is 0.497 e. The Labute approximate surface area is 84.2 Å². The predicted molar refractivity (Wildman–Crippen MR) is 56.3 cm³/mol. The van der Waals surface area contributed by atoms with Gasteiger partial charge < -0.3 is 4.74 Å². The summed E-state index contributed by atoms with van der Waals surface area (Å²) in [5.74, 6) is 0.824. The van der Waals surface area contributed by atoms with Crippen LogP contribution in [-0.4, -0.2) is 24.4 Å². The van der Waals surface area contributed by atoms with Crippen molar-refractivity contribution in [2.24, 2.45) is 0 Å². The Balaban J connectivity index is 2.92. The van der Waals surface area contributed by atoms with E-state index in [-0.39, 0.29) is 0 Å². The quantitative estimate of drug-likeness (QED) is 0.747. The molecular formula is C11H15NO2. The molecule has 0 atom stereocenters. The zero-order valence-electron chi connectivity index (χ0n) is 8.69. The maximum atomic E-state index is 8.92. The Morgan fingerprint density at radius 1 is 1.36 bits per heavy atom. The van der Waals surface area contributed by atoms with Crippen LogP contribution >= 0.6 is 0 Å². The number of methoxy groups -OCH3 is 1. The minimum absolute atomic E-state index is 0.824. The second-order valence-corrected chi connectivity index (χ2v) is 3.17. The molecule has 1 rings (SSSR count). The summed E-state index contributed by atoms with van der Waals surface area (Å²) in [6.45, 7) is 2.00. The second kappa shape index (κ2) is 4.67. The molecule has 14 heavy (non-hydrogen) atoms. The molecule has 76 valence electrons. The van der Waals surface area contributed by atoms with Crippen LogP contribution in [-0.2, 0) is 0 Å². The van der Waals surface area contributed by atoms with Gasteiger partial charge in [0.2, 0.25) is 0 Å². The third-order valence-corrected chi connectivity index (χ3v) is 1.79. The summed E-state index contributed by atoms with van der Waals surface area (Å²) in [4.78, 5) is 0. The molecular weight excluding hydrogens is 178 g/mol. The van der Waals surface area contributed by atoms with Crippen LogP contribution in [0.4, 0.5) is 0 Å². The third kappa shape index (κ3) is 3.11. The summed E-state index contributed by atoms with van der Waals surface area (Å²) in [6.07, 6.45) is 3.39. The summed E-state index contributed by atoms with van der Waals surface area (Å²) < 4.78 is 5.13. The molecule has 0 fully saturated rings. The first-order chi connectivity index (χ1) is 6.61. The molecule has 0 aliphatic rings. The van der Waals surface area contributed by atoms with E-state index >= 15 is 0 Å². The Hall–Kier alpha value is -1.48. The number of hydroxylamine groups is 2. The highest BCUT2D eigenvalue weighted by Crippen LogP contribution is 2.17. The lowest BCUT2D eigenvalue weighted by molar-refractivity contribution is -0.0118. The Bertz CT molecular complexity index is 332. The van der Waals surface area contributed by atoms with Crippen molar-refractivity contribution in [1.82, 2.24) is 5.06 Å². The number of nitrogens with zero attached hydrogens (tertiary/aromatic N) is 1. The fourth-order valence-electron chi connectivity index (χ4n) is 1.18. The highest BCUT2D eigenvalue weighted by atomic mass is 16.5. The highest BCUT2D eigenvalue weighted by Gasteiger charge is 1.95. The van der Waals surface area contributed by atoms with Gasteiger partial charge in [-0.1, -0.05) is 6.07 Å². The van der Waals surface area contributed by atoms with Gasteiger partial charge in [0.15, 0.2) is 0 Å². The minimum Gasteiger partial charge on any atom is -0.497 e. The fraction of sp³-hybridized carbons (Fsp3) is 0.273. The first-order valence-corrected chi connectivity index (χ1v) is 4.37. The molecule has 0 unspecified atom stereocenters. The fourth-order valence-corrected chi connectivity index (χ4v) is 1.18. The molecule has 0 aromatic heterocycles. The number of hydrogen-bond acceptors (Lipinski definition) is 3. The van der Waals surface area contributed by atoms with E-state index in [0.29, 0.717) is 0 Å². The monoisotopic (exact) mass is 193 g/mol. The topological polar surface area (TPSA) is 32.7 Å². The lowest BCUT2D eigenvalue weighted by atomic mass is 10.1. The summed E-state index contributed by atoms with van der Waals surface area (Å²) in [7, 11) is 3.20. The molecule has 0 heterocycles. The molecule has 0 bridgehead atoms. The van der Waals surface area contributed by atoms with E-state index in [1.165, 1.54) is 0 Å². The number of rotatable bonds is 3. The van der Waals surface area contributed by atoms with Crippen LogP contribution in [0.15, 0.2) is 24.4 Å². The number of ether oxygens (including phenoxy) is 1. The molecule has 1 N–H and O–H groups in total. The second-order valence-electron chi connectivity index (χ2n) is 3.17. The van der Waals surface area contributed by atoms with Crippen molar-refractivity contribution in [1.29, 1.82) is 0 Å². The van der Waals surface area contributed by atoms with E-state index in [2.05, 4.69) is 0 Å². The molecule has 0 aliphatic heterocycles. The number of hydrogen-bond donors (Lipinski definition) is 1. The first kappa shape index (κ1) is 10.6. The number of benzene rings is 1. The van der Waals surface area contributed by atoms with Crippen molar-refractivity contribution in [3.63, 3.8) is 0 Å². The van der Waals surface area contributed by atoms with Crippen molar-refractivity contribution >= 4 is 6.08 Å². The molecule has 3 heteroatoms. The van der Waals surface area contributed by atoms with E-state index in [1.54, 1.807) is 20.4 Å². The van der Waals surface area contributed by atoms with E-state index < -0.39 is 0 Å². The van der Waals surface area contributed by atoms with E-state index in [1.807, 2.05) is 31.2 Å². The van der Waals surface area contributed by atoms with Crippen molar-refractivity contribution < 1.29 is 9.94 Å². The van der Waals surface area contributed by atoms with Gasteiger partial charge in [0, 0.05) is 13.2 Å². The third-order valence-electron chi connectivity index (χ3n) is 1.79. The molecule has 0 radical (unpaired) electrons. The average Bonchev–Trinajstić information content (AvgIpc) is 2.14. The molecule has 3 nitrogen and oxygen atoms in total. The van der Waals surface area contributed by atoms with Gasteiger partial charge in [0.05, 0.1) is 7.11 Å². The summed E-state index contributed by atoms with van der Waals surface area (Å²) in [6, 6.07) is 5.88. The van der Waals surface area contributed by atoms with Crippen LogP contribution in [0.5, 0.6) is 5.75 Å². The molecule has 1 aromatic carbocycles. The normalized spacial score (nSPS) is 10.6. The Kier molecular flexibility index (Phi) is 3.54. The van der Waals surface area contributed by atoms with Gasteiger partial charge in [-0.05, 0) is 36.3 Å². The maximum absolute atomic E-state index is 8.92. The first-order valence-electron chi connectivity index (χ1n) is 4.37. The van der Waals surface area contributed by atoms with Crippen LogP contribution < -0.4 is 4.74 Å². The Morgan fingerprint density at radius 3 is 2.64 bits per heavy atom. The zero-order chi connectivity index (χ0) is 10.6. The van der Waals surface area contributed by atoms with Gasteiger partial charge in [0.25, 0.3) is 0 Å². The van der Waals surface area contributed by atoms with Crippen molar-refractivity contribution in [2.75, 3.05) is 14.2 Å². The maximum Gasteiger partial charge on any atom is 0.119 e. The van der Waals surface area contributed by atoms with Crippen molar-refractivity contribution in [3.05, 3.63) is 35.5 Å². The predicted octanol–water partition coefficient (Wildman–Crippen LogP) is 2.30. The summed E-state index contributed by atoms with van der Waals surface area (Å²) >= 11 is 0. The van der Waals surface area contributed by atoms with Gasteiger partial charge >= 0.3 is 0 Å². The van der Waals surface area contributed by atoms with Gasteiger partial charge in [-0.3, -0.25) is 10.3 Å². The van der Waals surface area contributed by atoms with Gasteiger partial charge in [0.1, 0.15) is 5.75 Å². The van der Waals surface area contributed by atoms with Gasteiger partial charge in [-0.25, -0.2) is 0 Å². The van der Waals surface area contributed by atoms with E-state index in [9.17, 15) is 0 Å². The molecule has 0 amide bonds. The number of aryl methyl sites for hydroxylation is 1. The highest BCUT2D eigenvalue weighted by molar-refractivity contribution is 5.53. The molecule has 0 spiro atoms. The van der Waals surface area contributed by atoms with Crippen LogP contribution in [0.1, 0.15) is 11.1 Å². The van der Waals surface area contributed by atoms with Crippen LogP contribution in [0.3, 0.4) is 0 Å². The molecule has 1 aromatic rings. The minimum atomic E-state index is 0.824. The lowest BCUT2D eigenvalue weighted by Crippen LogP contribution is -2.00. The molecule has 0 saturated carbocycles. The SMILES string of the molecule is COc1cc(C)cc(C=CN(C)O)c1. The van der Waals surface area contributed by atoms with E-state index in [4.69, 9.17) is 9.94 Å². The molecule has 0 saturated heterocycles.